The summed E-state index contributed by atoms with van der Waals surface area (Å²) < 4.78 is 0. The van der Waals surface area contributed by atoms with E-state index in [4.69, 9.17) is 0 Å². The van der Waals surface area contributed by atoms with Gasteiger partial charge < -0.3 is 15.5 Å². The third-order valence-electron chi connectivity index (χ3n) is 7.96. The summed E-state index contributed by atoms with van der Waals surface area (Å²) in [6.07, 6.45) is 3.92. The number of nitrogens with zero attached hydrogens (tertiary/aromatic N) is 1. The number of benzene rings is 2. The smallest absolute Gasteiger partial charge is 0.257 e. The van der Waals surface area contributed by atoms with Gasteiger partial charge in [-0.25, -0.2) is 0 Å². The van der Waals surface area contributed by atoms with Crippen LogP contribution < -0.4 is 5.32 Å². The van der Waals surface area contributed by atoms with Gasteiger partial charge in [0.2, 0.25) is 0 Å². The van der Waals surface area contributed by atoms with Gasteiger partial charge in [0.05, 0.1) is 0 Å². The maximum Gasteiger partial charge on any atom is 0.257 e. The SMILES string of the molecule is CC(c1ccccc1O)N1C[C@@H]2C(NC(=O)C(O)(c3ccccc3)C3CCCC3)[C@@H]2C1. The highest BCUT2D eigenvalue weighted by molar-refractivity contribution is 5.87. The van der Waals surface area contributed by atoms with Gasteiger partial charge in [0, 0.05) is 36.7 Å². The molecule has 3 N–H and O–H groups in total. The van der Waals surface area contributed by atoms with Crippen molar-refractivity contribution in [3.8, 4) is 5.75 Å². The first kappa shape index (κ1) is 20.5. The van der Waals surface area contributed by atoms with Crippen molar-refractivity contribution in [1.82, 2.24) is 10.2 Å². The molecular weight excluding hydrogens is 388 g/mol. The Balaban J connectivity index is 1.25. The van der Waals surface area contributed by atoms with Crippen LogP contribution in [0.25, 0.3) is 0 Å². The van der Waals surface area contributed by atoms with E-state index in [1.165, 1.54) is 0 Å². The standard InChI is InChI=1S/C26H32N2O3/c1-17(20-13-7-8-14-23(20)29)28-15-21-22(16-28)24(21)27-25(30)26(31,19-11-5-6-12-19)18-9-3-2-4-10-18/h2-4,7-10,13-14,17,19,21-22,24,29,31H,5-6,11-12,15-16H2,1H3,(H,27,30)/t17?,21-,22+,24?,26?. The molecule has 3 unspecified atom stereocenters. The summed E-state index contributed by atoms with van der Waals surface area (Å²) in [4.78, 5) is 15.8. The number of hydrogen-bond acceptors (Lipinski definition) is 4. The van der Waals surface area contributed by atoms with Crippen LogP contribution in [0.3, 0.4) is 0 Å². The van der Waals surface area contributed by atoms with Crippen molar-refractivity contribution < 1.29 is 15.0 Å². The number of nitrogens with one attached hydrogen (secondary N) is 1. The average Bonchev–Trinajstić information content (AvgIpc) is 3.20. The molecule has 2 aromatic rings. The molecule has 31 heavy (non-hydrogen) atoms. The first-order valence-corrected chi connectivity index (χ1v) is 11.6. The second-order valence-corrected chi connectivity index (χ2v) is 9.63. The molecule has 1 heterocycles. The molecule has 0 radical (unpaired) electrons. The Hall–Kier alpha value is -2.37. The summed E-state index contributed by atoms with van der Waals surface area (Å²) in [6.45, 7) is 3.93. The predicted octanol–water partition coefficient (Wildman–Crippen LogP) is 3.58. The normalized spacial score (nSPS) is 28.6. The van der Waals surface area contributed by atoms with Crippen molar-refractivity contribution in [2.75, 3.05) is 13.1 Å². The monoisotopic (exact) mass is 420 g/mol. The molecule has 1 amide bonds. The molecule has 1 aliphatic heterocycles. The topological polar surface area (TPSA) is 72.8 Å². The summed E-state index contributed by atoms with van der Waals surface area (Å²) in [6, 6.07) is 17.3. The minimum atomic E-state index is -1.45. The molecular formula is C26H32N2O3. The van der Waals surface area contributed by atoms with Crippen LogP contribution in [0.5, 0.6) is 5.75 Å². The molecule has 1 saturated heterocycles. The second-order valence-electron chi connectivity index (χ2n) is 9.63. The molecule has 2 aliphatic carbocycles. The van der Waals surface area contributed by atoms with Crippen LogP contribution in [0.4, 0.5) is 0 Å². The van der Waals surface area contributed by atoms with Crippen LogP contribution in [0.1, 0.15) is 49.8 Å². The van der Waals surface area contributed by atoms with Crippen molar-refractivity contribution in [1.29, 1.82) is 0 Å². The zero-order chi connectivity index (χ0) is 21.6. The molecule has 0 aromatic heterocycles. The van der Waals surface area contributed by atoms with Crippen LogP contribution in [0, 0.1) is 17.8 Å². The van der Waals surface area contributed by atoms with Gasteiger partial charge >= 0.3 is 0 Å². The number of aromatic hydroxyl groups is 1. The van der Waals surface area contributed by atoms with Crippen LogP contribution in [-0.4, -0.2) is 40.2 Å². The quantitative estimate of drug-likeness (QED) is 0.668. The molecule has 0 bridgehead atoms. The highest BCUT2D eigenvalue weighted by atomic mass is 16.3. The van der Waals surface area contributed by atoms with Crippen molar-refractivity contribution in [2.45, 2.75) is 50.3 Å². The number of phenolic OH excluding ortho intramolecular Hbond substituents is 1. The van der Waals surface area contributed by atoms with Gasteiger partial charge in [-0.05, 0) is 43.2 Å². The molecule has 5 heteroatoms. The van der Waals surface area contributed by atoms with Gasteiger partial charge in [-0.2, -0.15) is 0 Å². The molecule has 3 aliphatic rings. The molecule has 5 atom stereocenters. The largest absolute Gasteiger partial charge is 0.508 e. The summed E-state index contributed by atoms with van der Waals surface area (Å²) in [5.41, 5.74) is 0.210. The number of rotatable bonds is 6. The Morgan fingerprint density at radius 3 is 2.29 bits per heavy atom. The summed E-state index contributed by atoms with van der Waals surface area (Å²) in [7, 11) is 0. The van der Waals surface area contributed by atoms with Gasteiger partial charge in [-0.1, -0.05) is 61.4 Å². The number of phenols is 1. The average molecular weight is 421 g/mol. The lowest BCUT2D eigenvalue weighted by molar-refractivity contribution is -0.147. The third kappa shape index (κ3) is 3.54. The summed E-state index contributed by atoms with van der Waals surface area (Å²) in [5, 5.41) is 25.1. The highest BCUT2D eigenvalue weighted by Crippen LogP contribution is 2.49. The maximum atomic E-state index is 13.4. The molecule has 5 rings (SSSR count). The zero-order valence-corrected chi connectivity index (χ0v) is 18.1. The number of aliphatic hydroxyl groups is 1. The van der Waals surface area contributed by atoms with Crippen molar-refractivity contribution in [3.05, 3.63) is 65.7 Å². The number of carbonyl (C=O) groups excluding carboxylic acids is 1. The summed E-state index contributed by atoms with van der Waals surface area (Å²) >= 11 is 0. The number of likely N-dealkylation sites (tertiary alicyclic amines) is 1. The van der Waals surface area contributed by atoms with E-state index in [1.807, 2.05) is 48.5 Å². The van der Waals surface area contributed by atoms with Gasteiger partial charge in [0.15, 0.2) is 5.60 Å². The molecule has 2 aromatic carbocycles. The van der Waals surface area contributed by atoms with E-state index < -0.39 is 5.60 Å². The third-order valence-corrected chi connectivity index (χ3v) is 7.96. The Morgan fingerprint density at radius 2 is 1.65 bits per heavy atom. The fourth-order valence-corrected chi connectivity index (χ4v) is 5.98. The fourth-order valence-electron chi connectivity index (χ4n) is 5.98. The maximum absolute atomic E-state index is 13.4. The number of para-hydroxylation sites is 1. The van der Waals surface area contributed by atoms with E-state index in [-0.39, 0.29) is 23.9 Å². The number of amides is 1. The van der Waals surface area contributed by atoms with Crippen molar-refractivity contribution >= 4 is 5.91 Å². The molecule has 5 nitrogen and oxygen atoms in total. The lowest BCUT2D eigenvalue weighted by Crippen LogP contribution is -2.51. The molecule has 3 fully saturated rings. The van der Waals surface area contributed by atoms with E-state index in [1.54, 1.807) is 6.07 Å². The fraction of sp³-hybridized carbons (Fsp3) is 0.500. The lowest BCUT2D eigenvalue weighted by atomic mass is 9.79. The van der Waals surface area contributed by atoms with E-state index in [2.05, 4.69) is 17.1 Å². The Kier molecular flexibility index (Phi) is 5.27. The van der Waals surface area contributed by atoms with Gasteiger partial charge in [0.25, 0.3) is 5.91 Å². The number of carbonyl (C=O) groups is 1. The Bertz CT molecular complexity index is 931. The highest BCUT2D eigenvalue weighted by Gasteiger charge is 2.59. The number of fused-ring (bicyclic) bond motifs is 1. The first-order valence-electron chi connectivity index (χ1n) is 11.6. The van der Waals surface area contributed by atoms with E-state index in [9.17, 15) is 15.0 Å². The molecule has 2 saturated carbocycles. The number of piperidine rings is 1. The van der Waals surface area contributed by atoms with Crippen LogP contribution in [0.2, 0.25) is 0 Å². The van der Waals surface area contributed by atoms with Gasteiger partial charge in [0.1, 0.15) is 5.75 Å². The molecule has 164 valence electrons. The predicted molar refractivity (Wildman–Crippen MR) is 119 cm³/mol. The van der Waals surface area contributed by atoms with Crippen LogP contribution in [-0.2, 0) is 10.4 Å². The second kappa shape index (κ2) is 7.95. The van der Waals surface area contributed by atoms with Crippen molar-refractivity contribution in [3.63, 3.8) is 0 Å². The Morgan fingerprint density at radius 1 is 1.03 bits per heavy atom. The number of hydrogen-bond donors (Lipinski definition) is 3. The molecule has 0 spiro atoms. The minimum absolute atomic E-state index is 0.0222. The zero-order valence-electron chi connectivity index (χ0n) is 18.1. The van der Waals surface area contributed by atoms with E-state index in [0.29, 0.717) is 23.1 Å². The van der Waals surface area contributed by atoms with E-state index >= 15 is 0 Å². The summed E-state index contributed by atoms with van der Waals surface area (Å²) in [5.74, 6) is 0.919. The minimum Gasteiger partial charge on any atom is -0.508 e. The lowest BCUT2D eigenvalue weighted by Gasteiger charge is -2.34. The van der Waals surface area contributed by atoms with Crippen LogP contribution in [0.15, 0.2) is 54.6 Å². The van der Waals surface area contributed by atoms with Gasteiger partial charge in [-0.3, -0.25) is 9.69 Å². The van der Waals surface area contributed by atoms with Crippen LogP contribution >= 0.6 is 0 Å². The Labute approximate surface area is 184 Å². The first-order chi connectivity index (χ1) is 15.0. The van der Waals surface area contributed by atoms with Gasteiger partial charge in [-0.15, -0.1) is 0 Å². The van der Waals surface area contributed by atoms with Crippen molar-refractivity contribution in [2.24, 2.45) is 17.8 Å². The van der Waals surface area contributed by atoms with E-state index in [0.717, 1.165) is 44.3 Å².